The van der Waals surface area contributed by atoms with Crippen molar-refractivity contribution in [1.29, 1.82) is 5.26 Å². The van der Waals surface area contributed by atoms with Gasteiger partial charge in [0, 0.05) is 26.7 Å². The highest BCUT2D eigenvalue weighted by atomic mass is 35.5. The third-order valence-electron chi connectivity index (χ3n) is 3.47. The van der Waals surface area contributed by atoms with E-state index in [-0.39, 0.29) is 5.82 Å². The van der Waals surface area contributed by atoms with Crippen LogP contribution >= 0.6 is 23.2 Å². The molecule has 0 amide bonds. The Hall–Kier alpha value is -2.54. The summed E-state index contributed by atoms with van der Waals surface area (Å²) in [5, 5.41) is 10.5. The zero-order valence-corrected chi connectivity index (χ0v) is 13.4. The van der Waals surface area contributed by atoms with Crippen LogP contribution in [0.1, 0.15) is 5.56 Å². The van der Waals surface area contributed by atoms with E-state index in [2.05, 4.69) is 11.1 Å². The highest BCUT2D eigenvalue weighted by Gasteiger charge is 2.16. The van der Waals surface area contributed by atoms with E-state index in [0.717, 1.165) is 11.1 Å². The Morgan fingerprint density at radius 3 is 2.00 bits per heavy atom. The van der Waals surface area contributed by atoms with Crippen molar-refractivity contribution in [3.63, 3.8) is 0 Å². The molecule has 0 fully saturated rings. The average molecular weight is 340 g/mol. The Labute approximate surface area is 143 Å². The monoisotopic (exact) mass is 339 g/mol. The SMILES string of the molecule is N#Cc1c(-c2ccccc2Cl)cc(-c2ccccc2Cl)nc1N. The van der Waals surface area contributed by atoms with E-state index < -0.39 is 0 Å². The molecule has 3 rings (SSSR count). The largest absolute Gasteiger partial charge is 0.383 e. The van der Waals surface area contributed by atoms with Crippen molar-refractivity contribution in [2.24, 2.45) is 0 Å². The number of halogens is 2. The summed E-state index contributed by atoms with van der Waals surface area (Å²) in [7, 11) is 0. The van der Waals surface area contributed by atoms with Gasteiger partial charge in [-0.2, -0.15) is 5.26 Å². The molecule has 23 heavy (non-hydrogen) atoms. The summed E-state index contributed by atoms with van der Waals surface area (Å²) in [6.07, 6.45) is 0. The molecule has 0 atom stereocenters. The lowest BCUT2D eigenvalue weighted by atomic mass is 9.98. The van der Waals surface area contributed by atoms with E-state index in [0.29, 0.717) is 26.9 Å². The van der Waals surface area contributed by atoms with Crippen LogP contribution in [0.25, 0.3) is 22.4 Å². The summed E-state index contributed by atoms with van der Waals surface area (Å²) in [4.78, 5) is 4.32. The number of aromatic nitrogens is 1. The molecule has 0 saturated carbocycles. The first kappa shape index (κ1) is 15.4. The molecule has 0 aliphatic rings. The molecular weight excluding hydrogens is 329 g/mol. The lowest BCUT2D eigenvalue weighted by Gasteiger charge is -2.12. The van der Waals surface area contributed by atoms with Crippen LogP contribution in [0.15, 0.2) is 54.6 Å². The normalized spacial score (nSPS) is 10.3. The fourth-order valence-electron chi connectivity index (χ4n) is 2.38. The van der Waals surface area contributed by atoms with Gasteiger partial charge in [-0.25, -0.2) is 4.98 Å². The van der Waals surface area contributed by atoms with Crippen LogP contribution in [0.2, 0.25) is 10.0 Å². The first-order valence-corrected chi connectivity index (χ1v) is 7.58. The molecule has 0 spiro atoms. The molecule has 1 aromatic heterocycles. The van der Waals surface area contributed by atoms with Gasteiger partial charge in [-0.1, -0.05) is 59.6 Å². The van der Waals surface area contributed by atoms with Crippen LogP contribution in [-0.2, 0) is 0 Å². The van der Waals surface area contributed by atoms with Crippen molar-refractivity contribution < 1.29 is 0 Å². The molecule has 1 heterocycles. The molecule has 0 aliphatic heterocycles. The highest BCUT2D eigenvalue weighted by Crippen LogP contribution is 2.36. The summed E-state index contributed by atoms with van der Waals surface area (Å²) >= 11 is 12.5. The Morgan fingerprint density at radius 1 is 0.870 bits per heavy atom. The molecule has 0 saturated heterocycles. The number of hydrogen-bond acceptors (Lipinski definition) is 3. The second-order valence-electron chi connectivity index (χ2n) is 4.89. The second kappa shape index (κ2) is 6.29. The number of pyridine rings is 1. The molecule has 2 aromatic carbocycles. The number of nitriles is 1. The van der Waals surface area contributed by atoms with Crippen molar-refractivity contribution in [3.8, 4) is 28.5 Å². The second-order valence-corrected chi connectivity index (χ2v) is 5.70. The molecule has 3 aromatic rings. The quantitative estimate of drug-likeness (QED) is 0.699. The highest BCUT2D eigenvalue weighted by molar-refractivity contribution is 6.34. The van der Waals surface area contributed by atoms with Crippen molar-refractivity contribution in [3.05, 3.63) is 70.2 Å². The summed E-state index contributed by atoms with van der Waals surface area (Å²) in [6, 6.07) is 18.5. The van der Waals surface area contributed by atoms with Gasteiger partial charge in [0.2, 0.25) is 0 Å². The third-order valence-corrected chi connectivity index (χ3v) is 4.13. The van der Waals surface area contributed by atoms with Crippen LogP contribution in [0, 0.1) is 11.3 Å². The predicted octanol–water partition coefficient (Wildman–Crippen LogP) is 5.18. The fourth-order valence-corrected chi connectivity index (χ4v) is 2.85. The molecular formula is C18H11Cl2N3. The number of anilines is 1. The third kappa shape index (κ3) is 2.87. The van der Waals surface area contributed by atoms with E-state index in [1.807, 2.05) is 36.4 Å². The standard InChI is InChI=1S/C18H11Cl2N3/c19-15-7-3-1-5-11(15)13-9-17(23-18(22)14(13)10-21)12-6-2-4-8-16(12)20/h1-9H,(H2,22,23). The van der Waals surface area contributed by atoms with Crippen LogP contribution < -0.4 is 5.73 Å². The smallest absolute Gasteiger partial charge is 0.142 e. The lowest BCUT2D eigenvalue weighted by Crippen LogP contribution is -2.00. The zero-order valence-electron chi connectivity index (χ0n) is 11.9. The van der Waals surface area contributed by atoms with E-state index in [1.54, 1.807) is 18.2 Å². The van der Waals surface area contributed by atoms with E-state index in [4.69, 9.17) is 28.9 Å². The fraction of sp³-hybridized carbons (Fsp3) is 0. The van der Waals surface area contributed by atoms with Gasteiger partial charge in [0.25, 0.3) is 0 Å². The van der Waals surface area contributed by atoms with Gasteiger partial charge in [-0.05, 0) is 18.2 Å². The Bertz CT molecular complexity index is 930. The number of nitrogens with zero attached hydrogens (tertiary/aromatic N) is 2. The van der Waals surface area contributed by atoms with E-state index in [9.17, 15) is 5.26 Å². The summed E-state index contributed by atoms with van der Waals surface area (Å²) in [5.41, 5.74) is 9.00. The Kier molecular flexibility index (Phi) is 4.20. The average Bonchev–Trinajstić information content (AvgIpc) is 2.55. The Balaban J connectivity index is 2.30. The van der Waals surface area contributed by atoms with Gasteiger partial charge in [0.05, 0.1) is 5.69 Å². The molecule has 0 aliphatic carbocycles. The van der Waals surface area contributed by atoms with Crippen molar-refractivity contribution in [1.82, 2.24) is 4.98 Å². The maximum absolute atomic E-state index is 9.43. The molecule has 5 heteroatoms. The van der Waals surface area contributed by atoms with E-state index >= 15 is 0 Å². The number of hydrogen-bond donors (Lipinski definition) is 1. The molecule has 0 radical (unpaired) electrons. The number of nitrogens with two attached hydrogens (primary N) is 1. The van der Waals surface area contributed by atoms with Crippen LogP contribution in [0.5, 0.6) is 0 Å². The van der Waals surface area contributed by atoms with Gasteiger partial charge < -0.3 is 5.73 Å². The van der Waals surface area contributed by atoms with Gasteiger partial charge in [-0.15, -0.1) is 0 Å². The van der Waals surface area contributed by atoms with Gasteiger partial charge in [0.1, 0.15) is 17.5 Å². The van der Waals surface area contributed by atoms with E-state index in [1.165, 1.54) is 0 Å². The maximum Gasteiger partial charge on any atom is 0.142 e. The first-order chi connectivity index (χ1) is 11.1. The molecule has 0 bridgehead atoms. The van der Waals surface area contributed by atoms with Crippen LogP contribution in [0.4, 0.5) is 5.82 Å². The molecule has 2 N–H and O–H groups in total. The molecule has 3 nitrogen and oxygen atoms in total. The Morgan fingerprint density at radius 2 is 1.43 bits per heavy atom. The van der Waals surface area contributed by atoms with Gasteiger partial charge in [-0.3, -0.25) is 0 Å². The van der Waals surface area contributed by atoms with Crippen molar-refractivity contribution >= 4 is 29.0 Å². The first-order valence-electron chi connectivity index (χ1n) is 6.82. The van der Waals surface area contributed by atoms with Crippen molar-refractivity contribution in [2.45, 2.75) is 0 Å². The summed E-state index contributed by atoms with van der Waals surface area (Å²) in [5.74, 6) is 0.153. The molecule has 0 unspecified atom stereocenters. The van der Waals surface area contributed by atoms with Gasteiger partial charge in [0.15, 0.2) is 0 Å². The minimum absolute atomic E-state index is 0.153. The summed E-state index contributed by atoms with van der Waals surface area (Å²) < 4.78 is 0. The maximum atomic E-state index is 9.43. The zero-order chi connectivity index (χ0) is 16.4. The number of benzene rings is 2. The van der Waals surface area contributed by atoms with Crippen molar-refractivity contribution in [2.75, 3.05) is 5.73 Å². The number of nitrogen functional groups attached to an aromatic ring is 1. The summed E-state index contributed by atoms with van der Waals surface area (Å²) in [6.45, 7) is 0. The van der Waals surface area contributed by atoms with Gasteiger partial charge >= 0.3 is 0 Å². The minimum atomic E-state index is 0.153. The minimum Gasteiger partial charge on any atom is -0.383 e. The van der Waals surface area contributed by atoms with Crippen LogP contribution in [0.3, 0.4) is 0 Å². The predicted molar refractivity (Wildman–Crippen MR) is 94.3 cm³/mol. The molecule has 112 valence electrons. The number of rotatable bonds is 2. The van der Waals surface area contributed by atoms with Crippen LogP contribution in [-0.4, -0.2) is 4.98 Å². The topological polar surface area (TPSA) is 62.7 Å². The lowest BCUT2D eigenvalue weighted by molar-refractivity contribution is 1.31.